The molecule has 1 aromatic carbocycles. The van der Waals surface area contributed by atoms with Gasteiger partial charge in [-0.3, -0.25) is 4.79 Å². The van der Waals surface area contributed by atoms with Gasteiger partial charge in [-0.2, -0.15) is 0 Å². The first-order valence-corrected chi connectivity index (χ1v) is 7.44. The molecule has 0 aliphatic heterocycles. The van der Waals surface area contributed by atoms with E-state index in [1.807, 2.05) is 19.1 Å². The third-order valence-corrected chi connectivity index (χ3v) is 5.83. The summed E-state index contributed by atoms with van der Waals surface area (Å²) in [7, 11) is 0. The summed E-state index contributed by atoms with van der Waals surface area (Å²) in [4.78, 5) is 11.8. The van der Waals surface area contributed by atoms with Crippen LogP contribution in [0.3, 0.4) is 0 Å². The average molecular weight is 274 g/mol. The SMILES string of the molecule is CC1(C(=O)O)CCCC2(C)c3cc(O)ccc3CCC12. The van der Waals surface area contributed by atoms with E-state index in [1.165, 1.54) is 11.1 Å². The van der Waals surface area contributed by atoms with E-state index in [1.54, 1.807) is 6.07 Å². The lowest BCUT2D eigenvalue weighted by Crippen LogP contribution is -2.52. The fraction of sp³-hybridized carbons (Fsp3) is 0.588. The van der Waals surface area contributed by atoms with Gasteiger partial charge in [0.15, 0.2) is 0 Å². The number of aryl methyl sites for hydroxylation is 1. The van der Waals surface area contributed by atoms with Crippen molar-refractivity contribution in [2.24, 2.45) is 11.3 Å². The molecule has 3 heteroatoms. The molecule has 1 fully saturated rings. The summed E-state index contributed by atoms with van der Waals surface area (Å²) in [5.41, 5.74) is 1.67. The number of aromatic hydroxyl groups is 1. The summed E-state index contributed by atoms with van der Waals surface area (Å²) in [6, 6.07) is 5.59. The van der Waals surface area contributed by atoms with E-state index in [0.717, 1.165) is 32.1 Å². The molecule has 3 unspecified atom stereocenters. The molecule has 2 N–H and O–H groups in total. The van der Waals surface area contributed by atoms with Crippen molar-refractivity contribution in [1.82, 2.24) is 0 Å². The van der Waals surface area contributed by atoms with Gasteiger partial charge in [-0.1, -0.05) is 19.4 Å². The predicted octanol–water partition coefficient (Wildman–Crippen LogP) is 3.49. The van der Waals surface area contributed by atoms with Gasteiger partial charge >= 0.3 is 5.97 Å². The molecule has 20 heavy (non-hydrogen) atoms. The van der Waals surface area contributed by atoms with E-state index >= 15 is 0 Å². The second-order valence-electron chi connectivity index (χ2n) is 6.93. The summed E-state index contributed by atoms with van der Waals surface area (Å²) in [6.45, 7) is 4.10. The Kier molecular flexibility index (Phi) is 2.86. The van der Waals surface area contributed by atoms with Crippen molar-refractivity contribution in [3.63, 3.8) is 0 Å². The van der Waals surface area contributed by atoms with Crippen molar-refractivity contribution in [2.45, 2.75) is 51.4 Å². The van der Waals surface area contributed by atoms with Crippen molar-refractivity contribution in [3.05, 3.63) is 29.3 Å². The van der Waals surface area contributed by atoms with Gasteiger partial charge in [-0.15, -0.1) is 0 Å². The topological polar surface area (TPSA) is 57.5 Å². The van der Waals surface area contributed by atoms with Crippen LogP contribution in [0.2, 0.25) is 0 Å². The highest BCUT2D eigenvalue weighted by Gasteiger charge is 2.55. The molecule has 2 aliphatic carbocycles. The van der Waals surface area contributed by atoms with E-state index < -0.39 is 11.4 Å². The van der Waals surface area contributed by atoms with Gasteiger partial charge in [0.2, 0.25) is 0 Å². The van der Waals surface area contributed by atoms with Crippen LogP contribution in [0.4, 0.5) is 0 Å². The number of carboxylic acid groups (broad SMARTS) is 1. The maximum absolute atomic E-state index is 11.8. The first-order chi connectivity index (χ1) is 9.38. The van der Waals surface area contributed by atoms with Crippen LogP contribution in [-0.2, 0) is 16.6 Å². The minimum absolute atomic E-state index is 0.127. The number of benzene rings is 1. The number of fused-ring (bicyclic) bond motifs is 3. The Hall–Kier alpha value is -1.51. The molecule has 2 aliphatic rings. The number of hydrogen-bond acceptors (Lipinski definition) is 2. The summed E-state index contributed by atoms with van der Waals surface area (Å²) >= 11 is 0. The van der Waals surface area contributed by atoms with E-state index in [9.17, 15) is 15.0 Å². The van der Waals surface area contributed by atoms with Crippen LogP contribution in [0.15, 0.2) is 18.2 Å². The molecule has 1 saturated carbocycles. The molecule has 0 heterocycles. The van der Waals surface area contributed by atoms with E-state index in [0.29, 0.717) is 0 Å². The number of carboxylic acids is 1. The Balaban J connectivity index is 2.13. The van der Waals surface area contributed by atoms with Crippen LogP contribution < -0.4 is 0 Å². The van der Waals surface area contributed by atoms with E-state index in [-0.39, 0.29) is 17.1 Å². The summed E-state index contributed by atoms with van der Waals surface area (Å²) in [5, 5.41) is 19.5. The Morgan fingerprint density at radius 2 is 2.05 bits per heavy atom. The number of aliphatic carboxylic acids is 1. The molecular weight excluding hydrogens is 252 g/mol. The lowest BCUT2D eigenvalue weighted by atomic mass is 9.50. The molecule has 0 aromatic heterocycles. The lowest BCUT2D eigenvalue weighted by Gasteiger charge is -2.53. The van der Waals surface area contributed by atoms with Gasteiger partial charge in [0.1, 0.15) is 5.75 Å². The summed E-state index contributed by atoms with van der Waals surface area (Å²) in [5.74, 6) is -0.235. The smallest absolute Gasteiger partial charge is 0.309 e. The van der Waals surface area contributed by atoms with Crippen LogP contribution >= 0.6 is 0 Å². The third-order valence-electron chi connectivity index (χ3n) is 5.83. The second kappa shape index (κ2) is 4.24. The predicted molar refractivity (Wildman–Crippen MR) is 76.9 cm³/mol. The van der Waals surface area contributed by atoms with Crippen LogP contribution in [0.5, 0.6) is 5.75 Å². The first-order valence-electron chi connectivity index (χ1n) is 7.44. The van der Waals surface area contributed by atoms with Gasteiger partial charge in [-0.25, -0.2) is 0 Å². The molecule has 3 atom stereocenters. The maximum Gasteiger partial charge on any atom is 0.309 e. The second-order valence-corrected chi connectivity index (χ2v) is 6.93. The summed E-state index contributed by atoms with van der Waals surface area (Å²) < 4.78 is 0. The minimum atomic E-state index is -0.669. The molecule has 0 amide bonds. The van der Waals surface area contributed by atoms with Crippen molar-refractivity contribution >= 4 is 5.97 Å². The van der Waals surface area contributed by atoms with Crippen molar-refractivity contribution in [3.8, 4) is 5.75 Å². The molecule has 0 spiro atoms. The fourth-order valence-electron chi connectivity index (χ4n) is 4.70. The Morgan fingerprint density at radius 3 is 2.75 bits per heavy atom. The van der Waals surface area contributed by atoms with Crippen LogP contribution in [0.1, 0.15) is 50.7 Å². The Morgan fingerprint density at radius 1 is 1.30 bits per heavy atom. The lowest BCUT2D eigenvalue weighted by molar-refractivity contribution is -0.157. The zero-order valence-electron chi connectivity index (χ0n) is 12.1. The Labute approximate surface area is 119 Å². The number of rotatable bonds is 1. The van der Waals surface area contributed by atoms with E-state index in [4.69, 9.17) is 0 Å². The summed E-state index contributed by atoms with van der Waals surface area (Å²) in [6.07, 6.45) is 4.55. The molecule has 108 valence electrons. The molecule has 0 radical (unpaired) electrons. The molecule has 3 rings (SSSR count). The minimum Gasteiger partial charge on any atom is -0.508 e. The van der Waals surface area contributed by atoms with Gasteiger partial charge < -0.3 is 10.2 Å². The monoisotopic (exact) mass is 274 g/mol. The molecule has 0 bridgehead atoms. The molecule has 0 saturated heterocycles. The fourth-order valence-corrected chi connectivity index (χ4v) is 4.70. The normalized spacial score (nSPS) is 36.0. The number of carbonyl (C=O) groups is 1. The quantitative estimate of drug-likeness (QED) is 0.824. The Bertz CT molecular complexity index is 565. The first kappa shape index (κ1) is 13.5. The van der Waals surface area contributed by atoms with Gasteiger partial charge in [0.25, 0.3) is 0 Å². The third kappa shape index (κ3) is 1.68. The number of phenolic OH excluding ortho intramolecular Hbond substituents is 1. The maximum atomic E-state index is 11.8. The van der Waals surface area contributed by atoms with Gasteiger partial charge in [-0.05, 0) is 67.2 Å². The number of phenols is 1. The largest absolute Gasteiger partial charge is 0.508 e. The van der Waals surface area contributed by atoms with Crippen LogP contribution in [-0.4, -0.2) is 16.2 Å². The van der Waals surface area contributed by atoms with E-state index in [2.05, 4.69) is 6.92 Å². The van der Waals surface area contributed by atoms with Crippen molar-refractivity contribution in [1.29, 1.82) is 0 Å². The van der Waals surface area contributed by atoms with Crippen LogP contribution in [0, 0.1) is 11.3 Å². The standard InChI is InChI=1S/C17H22O3/c1-16-8-3-9-17(2,15(19)20)14(16)7-5-11-4-6-12(18)10-13(11)16/h4,6,10,14,18H,3,5,7-9H2,1-2H3,(H,19,20). The van der Waals surface area contributed by atoms with Gasteiger partial charge in [0, 0.05) is 0 Å². The van der Waals surface area contributed by atoms with Crippen molar-refractivity contribution < 1.29 is 15.0 Å². The molecular formula is C17H22O3. The molecule has 3 nitrogen and oxygen atoms in total. The highest BCUT2D eigenvalue weighted by molar-refractivity contribution is 5.75. The van der Waals surface area contributed by atoms with Gasteiger partial charge in [0.05, 0.1) is 5.41 Å². The highest BCUT2D eigenvalue weighted by Crippen LogP contribution is 2.57. The molecule has 1 aromatic rings. The van der Waals surface area contributed by atoms with Crippen molar-refractivity contribution in [2.75, 3.05) is 0 Å². The average Bonchev–Trinajstić information content (AvgIpc) is 2.39. The zero-order chi connectivity index (χ0) is 14.5. The number of hydrogen-bond donors (Lipinski definition) is 2. The highest BCUT2D eigenvalue weighted by atomic mass is 16.4. The zero-order valence-corrected chi connectivity index (χ0v) is 12.1. The van der Waals surface area contributed by atoms with Crippen LogP contribution in [0.25, 0.3) is 0 Å².